The zero-order valence-corrected chi connectivity index (χ0v) is 11.3. The first-order valence-corrected chi connectivity index (χ1v) is 9.99. The maximum Gasteiger partial charge on any atom is 0.102 e. The Hall–Kier alpha value is -0.0831. The van der Waals surface area contributed by atoms with Crippen LogP contribution in [0.15, 0.2) is 11.8 Å². The first-order valence-electron chi connectivity index (χ1n) is 6.41. The van der Waals surface area contributed by atoms with Gasteiger partial charge in [0, 0.05) is 0 Å². The van der Waals surface area contributed by atoms with Crippen LogP contribution in [0.1, 0.15) is 32.1 Å². The third-order valence-electron chi connectivity index (χ3n) is 3.46. The summed E-state index contributed by atoms with van der Waals surface area (Å²) in [6.45, 7) is 7.13. The van der Waals surface area contributed by atoms with Gasteiger partial charge in [-0.05, 0) is 18.8 Å². The fraction of sp³-hybridized carbons (Fsp3) is 0.846. The molecular formula is C13H24OSi. The molecule has 2 heteroatoms. The van der Waals surface area contributed by atoms with Gasteiger partial charge in [0.1, 0.15) is 6.10 Å². The lowest BCUT2D eigenvalue weighted by Crippen LogP contribution is -2.17. The van der Waals surface area contributed by atoms with Gasteiger partial charge in [0.05, 0.1) is 14.2 Å². The minimum absolute atomic E-state index is 0.472. The molecule has 0 N–H and O–H groups in total. The maximum atomic E-state index is 5.79. The summed E-state index contributed by atoms with van der Waals surface area (Å²) in [4.78, 5) is 0. The molecule has 2 atom stereocenters. The molecule has 0 spiro atoms. The van der Waals surface area contributed by atoms with Crippen molar-refractivity contribution >= 4 is 8.07 Å². The lowest BCUT2D eigenvalue weighted by molar-refractivity contribution is 0.264. The van der Waals surface area contributed by atoms with E-state index in [2.05, 4.69) is 31.4 Å². The van der Waals surface area contributed by atoms with Crippen LogP contribution in [0.2, 0.25) is 19.6 Å². The van der Waals surface area contributed by atoms with Gasteiger partial charge >= 0.3 is 0 Å². The van der Waals surface area contributed by atoms with Gasteiger partial charge in [-0.1, -0.05) is 50.7 Å². The Balaban J connectivity index is 1.78. The number of hydrogen-bond donors (Lipinski definition) is 0. The average Bonchev–Trinajstić information content (AvgIpc) is 2.94. The fourth-order valence-corrected chi connectivity index (χ4v) is 3.28. The molecule has 1 saturated heterocycles. The van der Waals surface area contributed by atoms with Crippen LogP contribution in [0, 0.1) is 5.92 Å². The van der Waals surface area contributed by atoms with Crippen LogP contribution >= 0.6 is 0 Å². The van der Waals surface area contributed by atoms with Gasteiger partial charge in [0.2, 0.25) is 0 Å². The van der Waals surface area contributed by atoms with Gasteiger partial charge in [-0.25, -0.2) is 0 Å². The lowest BCUT2D eigenvalue weighted by atomic mass is 9.86. The van der Waals surface area contributed by atoms with E-state index < -0.39 is 8.07 Å². The van der Waals surface area contributed by atoms with E-state index in [1.165, 1.54) is 32.1 Å². The molecule has 1 nitrogen and oxygen atoms in total. The van der Waals surface area contributed by atoms with Crippen LogP contribution in [0.3, 0.4) is 0 Å². The van der Waals surface area contributed by atoms with Gasteiger partial charge in [-0.2, -0.15) is 0 Å². The zero-order chi connectivity index (χ0) is 10.9. The molecule has 86 valence electrons. The summed E-state index contributed by atoms with van der Waals surface area (Å²) in [7, 11) is -1.02. The molecule has 0 aromatic heterocycles. The van der Waals surface area contributed by atoms with Crippen LogP contribution in [-0.4, -0.2) is 20.3 Å². The number of ether oxygens (including phenoxy) is 1. The highest BCUT2D eigenvalue weighted by molar-refractivity contribution is 6.80. The zero-order valence-electron chi connectivity index (χ0n) is 10.3. The largest absolute Gasteiger partial charge is 0.365 e. The molecular weight excluding hydrogens is 200 g/mol. The molecule has 0 bridgehead atoms. The van der Waals surface area contributed by atoms with Crippen molar-refractivity contribution in [1.82, 2.24) is 0 Å². The van der Waals surface area contributed by atoms with Crippen molar-refractivity contribution in [2.45, 2.75) is 64.0 Å². The predicted molar refractivity (Wildman–Crippen MR) is 67.7 cm³/mol. The van der Waals surface area contributed by atoms with Crippen molar-refractivity contribution in [3.8, 4) is 0 Å². The van der Waals surface area contributed by atoms with E-state index in [0.717, 1.165) is 5.92 Å². The van der Waals surface area contributed by atoms with E-state index in [1.807, 2.05) is 0 Å². The Morgan fingerprint density at radius 3 is 2.33 bits per heavy atom. The molecule has 1 unspecified atom stereocenters. The van der Waals surface area contributed by atoms with Crippen molar-refractivity contribution in [2.24, 2.45) is 5.92 Å². The maximum absolute atomic E-state index is 5.79. The molecule has 2 rings (SSSR count). The Labute approximate surface area is 94.9 Å². The van der Waals surface area contributed by atoms with E-state index in [0.29, 0.717) is 12.2 Å². The topological polar surface area (TPSA) is 12.5 Å². The summed E-state index contributed by atoms with van der Waals surface area (Å²) >= 11 is 0. The summed E-state index contributed by atoms with van der Waals surface area (Å²) in [6.07, 6.45) is 10.5. The van der Waals surface area contributed by atoms with Crippen molar-refractivity contribution < 1.29 is 4.74 Å². The lowest BCUT2D eigenvalue weighted by Gasteiger charge is -2.19. The smallest absolute Gasteiger partial charge is 0.102 e. The van der Waals surface area contributed by atoms with Gasteiger partial charge in [-0.3, -0.25) is 0 Å². The van der Waals surface area contributed by atoms with Gasteiger partial charge in [0.25, 0.3) is 0 Å². The van der Waals surface area contributed by atoms with Crippen LogP contribution < -0.4 is 0 Å². The van der Waals surface area contributed by atoms with Crippen LogP contribution in [0.4, 0.5) is 0 Å². The monoisotopic (exact) mass is 224 g/mol. The highest BCUT2D eigenvalue weighted by atomic mass is 28.3. The van der Waals surface area contributed by atoms with E-state index in [4.69, 9.17) is 4.74 Å². The first kappa shape index (κ1) is 11.4. The number of hydrogen-bond acceptors (Lipinski definition) is 1. The van der Waals surface area contributed by atoms with Crippen LogP contribution in [0.25, 0.3) is 0 Å². The summed E-state index contributed by atoms with van der Waals surface area (Å²) in [5.41, 5.74) is 2.43. The molecule has 1 aliphatic carbocycles. The van der Waals surface area contributed by atoms with Crippen molar-refractivity contribution in [3.63, 3.8) is 0 Å². The van der Waals surface area contributed by atoms with Crippen molar-refractivity contribution in [2.75, 3.05) is 0 Å². The fourth-order valence-electron chi connectivity index (χ4n) is 2.52. The second-order valence-electron chi connectivity index (χ2n) is 6.19. The molecule has 1 heterocycles. The van der Waals surface area contributed by atoms with E-state index in [9.17, 15) is 0 Å². The van der Waals surface area contributed by atoms with E-state index in [1.54, 1.807) is 0 Å². The van der Waals surface area contributed by atoms with Crippen LogP contribution in [-0.2, 0) is 4.74 Å². The second kappa shape index (κ2) is 4.42. The number of rotatable bonds is 3. The summed E-state index contributed by atoms with van der Waals surface area (Å²) in [5.74, 6) is 0.870. The van der Waals surface area contributed by atoms with Gasteiger partial charge < -0.3 is 4.74 Å². The first-order chi connectivity index (χ1) is 7.06. The van der Waals surface area contributed by atoms with E-state index in [-0.39, 0.29) is 0 Å². The van der Waals surface area contributed by atoms with Crippen LogP contribution in [0.5, 0.6) is 0 Å². The molecule has 2 aliphatic rings. The minimum atomic E-state index is -1.02. The summed E-state index contributed by atoms with van der Waals surface area (Å²) in [6, 6.07) is 0. The summed E-state index contributed by atoms with van der Waals surface area (Å²) in [5, 5.41) is 0. The van der Waals surface area contributed by atoms with Gasteiger partial charge in [0.15, 0.2) is 0 Å². The molecule has 0 radical (unpaired) electrons. The molecule has 1 saturated carbocycles. The minimum Gasteiger partial charge on any atom is -0.365 e. The standard InChI is InChI=1S/C13H24OSi/c1-15(2,3)10-9-12-13(14-12)11-7-5-4-6-8-11/h9-13H,4-8H2,1-3H3/b10-9+/t12?,13-/m0/s1. The number of epoxide rings is 1. The summed E-state index contributed by atoms with van der Waals surface area (Å²) < 4.78 is 5.79. The Kier molecular flexibility index (Phi) is 3.36. The predicted octanol–water partition coefficient (Wildman–Crippen LogP) is 3.77. The Bertz CT molecular complexity index is 235. The molecule has 0 amide bonds. The highest BCUT2D eigenvalue weighted by Gasteiger charge is 2.43. The highest BCUT2D eigenvalue weighted by Crippen LogP contribution is 2.39. The Morgan fingerprint density at radius 2 is 1.73 bits per heavy atom. The second-order valence-corrected chi connectivity index (χ2v) is 11.3. The molecule has 1 aliphatic heterocycles. The third kappa shape index (κ3) is 3.46. The Morgan fingerprint density at radius 1 is 1.07 bits per heavy atom. The SMILES string of the molecule is C[Si](C)(C)/C=C/C1O[C@H]1C1CCCCC1. The molecule has 0 aromatic rings. The van der Waals surface area contributed by atoms with Crippen molar-refractivity contribution in [1.29, 1.82) is 0 Å². The quantitative estimate of drug-likeness (QED) is 0.525. The molecule has 0 aromatic carbocycles. The van der Waals surface area contributed by atoms with Crippen molar-refractivity contribution in [3.05, 3.63) is 11.8 Å². The normalized spacial score (nSPS) is 33.5. The molecule has 15 heavy (non-hydrogen) atoms. The molecule has 2 fully saturated rings. The van der Waals surface area contributed by atoms with E-state index >= 15 is 0 Å². The van der Waals surface area contributed by atoms with Gasteiger partial charge in [-0.15, -0.1) is 0 Å². The average molecular weight is 224 g/mol. The third-order valence-corrected chi connectivity index (χ3v) is 4.65.